The number of nitrogens with two attached hydrogens (primary N) is 1. The fourth-order valence-corrected chi connectivity index (χ4v) is 3.60. The number of ether oxygens (including phenoxy) is 1. The predicted octanol–water partition coefficient (Wildman–Crippen LogP) is 1.33. The van der Waals surface area contributed by atoms with E-state index in [4.69, 9.17) is 15.0 Å². The molecule has 0 aromatic carbocycles. The fourth-order valence-electron chi connectivity index (χ4n) is 3.60. The summed E-state index contributed by atoms with van der Waals surface area (Å²) in [5, 5.41) is 3.96. The maximum absolute atomic E-state index is 12.7. The number of nitrogens with zero attached hydrogens (tertiary/aromatic N) is 3. The molecule has 2 fully saturated rings. The van der Waals surface area contributed by atoms with Gasteiger partial charge in [0.2, 0.25) is 11.8 Å². The number of aromatic nitrogens is 2. The smallest absolute Gasteiger partial charge is 0.239 e. The highest BCUT2D eigenvalue weighted by atomic mass is 35.5. The van der Waals surface area contributed by atoms with Crippen LogP contribution in [0.1, 0.15) is 37.4 Å². The van der Waals surface area contributed by atoms with Crippen molar-refractivity contribution < 1.29 is 14.1 Å². The number of amides is 1. The minimum absolute atomic E-state index is 0. The van der Waals surface area contributed by atoms with Gasteiger partial charge in [-0.2, -0.15) is 4.98 Å². The molecule has 8 heteroatoms. The van der Waals surface area contributed by atoms with Gasteiger partial charge in [-0.25, -0.2) is 0 Å². The molecule has 1 aromatic rings. The molecule has 2 atom stereocenters. The van der Waals surface area contributed by atoms with Crippen molar-refractivity contribution in [2.75, 3.05) is 26.3 Å². The van der Waals surface area contributed by atoms with E-state index in [0.717, 1.165) is 51.0 Å². The maximum Gasteiger partial charge on any atom is 0.239 e. The van der Waals surface area contributed by atoms with E-state index in [2.05, 4.69) is 10.1 Å². The molecule has 0 aliphatic carbocycles. The molecule has 1 amide bonds. The van der Waals surface area contributed by atoms with Crippen LogP contribution in [-0.4, -0.2) is 53.3 Å². The van der Waals surface area contributed by atoms with Gasteiger partial charge in [-0.1, -0.05) is 5.16 Å². The third-order valence-electron chi connectivity index (χ3n) is 4.93. The van der Waals surface area contributed by atoms with Crippen molar-refractivity contribution in [1.82, 2.24) is 15.0 Å². The monoisotopic (exact) mass is 358 g/mol. The first kappa shape index (κ1) is 19.1. The first-order valence-corrected chi connectivity index (χ1v) is 8.55. The van der Waals surface area contributed by atoms with Gasteiger partial charge >= 0.3 is 0 Å². The van der Waals surface area contributed by atoms with Crippen LogP contribution in [0, 0.1) is 18.8 Å². The maximum atomic E-state index is 12.7. The molecule has 3 heterocycles. The highest BCUT2D eigenvalue weighted by Crippen LogP contribution is 2.23. The van der Waals surface area contributed by atoms with Crippen molar-refractivity contribution in [3.8, 4) is 0 Å². The lowest BCUT2D eigenvalue weighted by molar-refractivity contribution is -0.136. The molecular formula is C16H27ClN4O3. The van der Waals surface area contributed by atoms with E-state index in [1.807, 2.05) is 4.90 Å². The standard InChI is InChI=1S/C16H26N4O3.ClH/c1-11-18-14(19-23-11)9-12-3-2-6-20(10-12)16(21)15(17)13-4-7-22-8-5-13;/h12-13,15H,2-10,17H2,1H3;1H. The highest BCUT2D eigenvalue weighted by molar-refractivity contribution is 5.85. The average Bonchev–Trinajstić information content (AvgIpc) is 2.99. The van der Waals surface area contributed by atoms with Gasteiger partial charge in [0.15, 0.2) is 5.82 Å². The van der Waals surface area contributed by atoms with Crippen molar-refractivity contribution in [1.29, 1.82) is 0 Å². The zero-order valence-electron chi connectivity index (χ0n) is 14.1. The van der Waals surface area contributed by atoms with E-state index in [9.17, 15) is 4.79 Å². The van der Waals surface area contributed by atoms with Gasteiger partial charge < -0.3 is 19.9 Å². The van der Waals surface area contributed by atoms with Crippen LogP contribution in [0.5, 0.6) is 0 Å². The number of carbonyl (C=O) groups is 1. The van der Waals surface area contributed by atoms with Gasteiger partial charge in [-0.15, -0.1) is 12.4 Å². The first-order chi connectivity index (χ1) is 11.1. The van der Waals surface area contributed by atoms with Gasteiger partial charge in [-0.3, -0.25) is 4.79 Å². The number of halogens is 1. The summed E-state index contributed by atoms with van der Waals surface area (Å²) < 4.78 is 10.4. The van der Waals surface area contributed by atoms with E-state index in [1.165, 1.54) is 0 Å². The third kappa shape index (κ3) is 4.68. The van der Waals surface area contributed by atoms with Crippen LogP contribution in [0.2, 0.25) is 0 Å². The summed E-state index contributed by atoms with van der Waals surface area (Å²) in [5.41, 5.74) is 6.24. The summed E-state index contributed by atoms with van der Waals surface area (Å²) in [5.74, 6) is 2.04. The van der Waals surface area contributed by atoms with Crippen LogP contribution in [0.25, 0.3) is 0 Å². The Hall–Kier alpha value is -1.18. The molecule has 1 aromatic heterocycles. The summed E-state index contributed by atoms with van der Waals surface area (Å²) in [6.07, 6.45) is 4.61. The van der Waals surface area contributed by atoms with Crippen LogP contribution in [0.4, 0.5) is 0 Å². The number of carbonyl (C=O) groups excluding carboxylic acids is 1. The second kappa shape index (κ2) is 8.78. The Balaban J connectivity index is 0.00000208. The fraction of sp³-hybridized carbons (Fsp3) is 0.812. The molecule has 136 valence electrons. The lowest BCUT2D eigenvalue weighted by Crippen LogP contribution is -2.52. The van der Waals surface area contributed by atoms with Gasteiger partial charge in [0.05, 0.1) is 6.04 Å². The highest BCUT2D eigenvalue weighted by Gasteiger charge is 2.32. The Morgan fingerprint density at radius 3 is 2.79 bits per heavy atom. The number of hydrogen-bond acceptors (Lipinski definition) is 6. The van der Waals surface area contributed by atoms with Crippen molar-refractivity contribution >= 4 is 18.3 Å². The topological polar surface area (TPSA) is 94.5 Å². The van der Waals surface area contributed by atoms with E-state index in [-0.39, 0.29) is 24.2 Å². The summed E-state index contributed by atoms with van der Waals surface area (Å²) in [4.78, 5) is 18.9. The Labute approximate surface area is 148 Å². The molecule has 2 N–H and O–H groups in total. The van der Waals surface area contributed by atoms with Crippen molar-refractivity contribution in [2.45, 2.75) is 45.1 Å². The Morgan fingerprint density at radius 1 is 1.38 bits per heavy atom. The van der Waals surface area contributed by atoms with E-state index >= 15 is 0 Å². The number of aryl methyl sites for hydroxylation is 1. The minimum atomic E-state index is -0.398. The lowest BCUT2D eigenvalue weighted by atomic mass is 9.89. The van der Waals surface area contributed by atoms with Crippen molar-refractivity contribution in [2.24, 2.45) is 17.6 Å². The normalized spacial score (nSPS) is 23.6. The van der Waals surface area contributed by atoms with Crippen molar-refractivity contribution in [3.63, 3.8) is 0 Å². The zero-order chi connectivity index (χ0) is 16.2. The van der Waals surface area contributed by atoms with E-state index < -0.39 is 6.04 Å². The molecule has 0 spiro atoms. The van der Waals surface area contributed by atoms with Crippen LogP contribution < -0.4 is 5.73 Å². The molecule has 0 saturated carbocycles. The largest absolute Gasteiger partial charge is 0.381 e. The van der Waals surface area contributed by atoms with Crippen molar-refractivity contribution in [3.05, 3.63) is 11.7 Å². The Kier molecular flexibility index (Phi) is 7.01. The average molecular weight is 359 g/mol. The molecule has 0 bridgehead atoms. The molecule has 0 radical (unpaired) electrons. The summed E-state index contributed by atoms with van der Waals surface area (Å²) >= 11 is 0. The SMILES string of the molecule is Cc1nc(CC2CCCN(C(=O)C(N)C3CCOCC3)C2)no1.Cl. The molecule has 2 aliphatic rings. The third-order valence-corrected chi connectivity index (χ3v) is 4.93. The van der Waals surface area contributed by atoms with Crippen LogP contribution in [0.15, 0.2) is 4.52 Å². The Bertz CT molecular complexity index is 533. The van der Waals surface area contributed by atoms with Gasteiger partial charge in [0.25, 0.3) is 0 Å². The van der Waals surface area contributed by atoms with Crippen LogP contribution in [-0.2, 0) is 16.0 Å². The zero-order valence-corrected chi connectivity index (χ0v) is 15.0. The van der Waals surface area contributed by atoms with Gasteiger partial charge in [0.1, 0.15) is 0 Å². The molecule has 2 unspecified atom stereocenters. The number of hydrogen-bond donors (Lipinski definition) is 1. The molecule has 3 rings (SSSR count). The number of likely N-dealkylation sites (tertiary alicyclic amines) is 1. The molecule has 24 heavy (non-hydrogen) atoms. The Morgan fingerprint density at radius 2 is 2.12 bits per heavy atom. The lowest BCUT2D eigenvalue weighted by Gasteiger charge is -2.36. The quantitative estimate of drug-likeness (QED) is 0.872. The molecule has 2 aliphatic heterocycles. The molecular weight excluding hydrogens is 332 g/mol. The summed E-state index contributed by atoms with van der Waals surface area (Å²) in [6, 6.07) is -0.398. The van der Waals surface area contributed by atoms with E-state index in [1.54, 1.807) is 6.92 Å². The predicted molar refractivity (Wildman–Crippen MR) is 90.8 cm³/mol. The van der Waals surface area contributed by atoms with Crippen LogP contribution >= 0.6 is 12.4 Å². The number of piperidine rings is 1. The second-order valence-electron chi connectivity index (χ2n) is 6.70. The number of rotatable bonds is 4. The summed E-state index contributed by atoms with van der Waals surface area (Å²) in [6.45, 7) is 4.76. The molecule has 7 nitrogen and oxygen atoms in total. The second-order valence-corrected chi connectivity index (χ2v) is 6.70. The first-order valence-electron chi connectivity index (χ1n) is 8.55. The minimum Gasteiger partial charge on any atom is -0.381 e. The van der Waals surface area contributed by atoms with Gasteiger partial charge in [-0.05, 0) is 37.5 Å². The summed E-state index contributed by atoms with van der Waals surface area (Å²) in [7, 11) is 0. The van der Waals surface area contributed by atoms with Crippen LogP contribution in [0.3, 0.4) is 0 Å². The molecule has 2 saturated heterocycles. The van der Waals surface area contributed by atoms with Gasteiger partial charge in [0, 0.05) is 39.6 Å². The van der Waals surface area contributed by atoms with E-state index in [0.29, 0.717) is 25.0 Å².